The zero-order chi connectivity index (χ0) is 20.6. The predicted molar refractivity (Wildman–Crippen MR) is 118 cm³/mol. The summed E-state index contributed by atoms with van der Waals surface area (Å²) in [6.45, 7) is 8.18. The normalized spacial score (nSPS) is 12.2. The Kier molecular flexibility index (Phi) is 5.37. The van der Waals surface area contributed by atoms with Crippen molar-refractivity contribution in [3.05, 3.63) is 42.0 Å². The molecule has 6 nitrogen and oxygen atoms in total. The van der Waals surface area contributed by atoms with Crippen LogP contribution in [0.25, 0.3) is 33.3 Å². The van der Waals surface area contributed by atoms with Gasteiger partial charge in [-0.05, 0) is 24.2 Å². The van der Waals surface area contributed by atoms with Gasteiger partial charge < -0.3 is 18.5 Å². The van der Waals surface area contributed by atoms with Gasteiger partial charge in [-0.15, -0.1) is 0 Å². The zero-order valence-corrected chi connectivity index (χ0v) is 18.8. The van der Waals surface area contributed by atoms with Gasteiger partial charge in [-0.2, -0.15) is 0 Å². The third-order valence-electron chi connectivity index (χ3n) is 4.86. The lowest BCUT2D eigenvalue weighted by atomic mass is 10.0. The third kappa shape index (κ3) is 4.17. The van der Waals surface area contributed by atoms with Crippen LogP contribution in [0.1, 0.15) is 0 Å². The smallest absolute Gasteiger partial charge is 0.181 e. The molecule has 29 heavy (non-hydrogen) atoms. The van der Waals surface area contributed by atoms with E-state index in [0.717, 1.165) is 40.3 Å². The highest BCUT2D eigenvalue weighted by Gasteiger charge is 2.18. The van der Waals surface area contributed by atoms with Crippen molar-refractivity contribution in [3.63, 3.8) is 0 Å². The van der Waals surface area contributed by atoms with Gasteiger partial charge in [-0.1, -0.05) is 31.2 Å². The number of methoxy groups -OCH3 is 1. The van der Waals surface area contributed by atoms with Crippen molar-refractivity contribution in [2.75, 3.05) is 13.7 Å². The molecule has 0 aliphatic heterocycles. The standard InChI is InChI=1S/C21H24ClN3O3Si/c1-26-18-10-19-17(23-12-28-19)9-15(18)16-11-25(13-27-7-8-29(2,3)4)21-14(16)5-6-20(22)24-21/h5-6,9-12H,7-8,13H2,1-4H3. The minimum Gasteiger partial charge on any atom is -0.496 e. The topological polar surface area (TPSA) is 62.3 Å². The van der Waals surface area contributed by atoms with Crippen LogP contribution in [0.2, 0.25) is 30.8 Å². The summed E-state index contributed by atoms with van der Waals surface area (Å²) in [6.07, 6.45) is 3.47. The average molecular weight is 430 g/mol. The number of aromatic nitrogens is 3. The summed E-state index contributed by atoms with van der Waals surface area (Å²) in [5.74, 6) is 0.711. The molecule has 0 aliphatic rings. The fourth-order valence-electron chi connectivity index (χ4n) is 3.26. The number of hydrogen-bond donors (Lipinski definition) is 0. The highest BCUT2D eigenvalue weighted by Crippen LogP contribution is 2.38. The summed E-state index contributed by atoms with van der Waals surface area (Å²) < 4.78 is 19.0. The number of rotatable bonds is 7. The molecule has 0 atom stereocenters. The molecule has 3 heterocycles. The van der Waals surface area contributed by atoms with E-state index in [4.69, 9.17) is 25.5 Å². The monoisotopic (exact) mass is 429 g/mol. The lowest BCUT2D eigenvalue weighted by Gasteiger charge is -2.15. The number of pyridine rings is 1. The second-order valence-corrected chi connectivity index (χ2v) is 14.2. The van der Waals surface area contributed by atoms with Crippen LogP contribution < -0.4 is 4.74 Å². The Morgan fingerprint density at radius 2 is 2.00 bits per heavy atom. The molecule has 8 heteroatoms. The van der Waals surface area contributed by atoms with E-state index in [1.54, 1.807) is 13.2 Å². The molecule has 0 N–H and O–H groups in total. The average Bonchev–Trinajstić information content (AvgIpc) is 3.27. The molecular formula is C21H24ClN3O3Si. The summed E-state index contributed by atoms with van der Waals surface area (Å²) in [7, 11) is 0.507. The van der Waals surface area contributed by atoms with Crippen molar-refractivity contribution >= 4 is 41.8 Å². The number of benzene rings is 1. The maximum Gasteiger partial charge on any atom is 0.181 e. The molecule has 152 valence electrons. The van der Waals surface area contributed by atoms with E-state index in [1.807, 2.05) is 29.0 Å². The number of nitrogens with zero attached hydrogens (tertiary/aromatic N) is 3. The number of hydrogen-bond acceptors (Lipinski definition) is 5. The van der Waals surface area contributed by atoms with Gasteiger partial charge in [0.2, 0.25) is 0 Å². The lowest BCUT2D eigenvalue weighted by Crippen LogP contribution is -2.22. The zero-order valence-electron chi connectivity index (χ0n) is 17.0. The van der Waals surface area contributed by atoms with Crippen molar-refractivity contribution in [1.82, 2.24) is 14.5 Å². The van der Waals surface area contributed by atoms with E-state index in [9.17, 15) is 0 Å². The maximum absolute atomic E-state index is 6.18. The van der Waals surface area contributed by atoms with Crippen molar-refractivity contribution in [3.8, 4) is 16.9 Å². The molecule has 0 bridgehead atoms. The minimum atomic E-state index is -1.14. The number of oxazole rings is 1. The largest absolute Gasteiger partial charge is 0.496 e. The molecule has 0 spiro atoms. The van der Waals surface area contributed by atoms with Crippen molar-refractivity contribution < 1.29 is 13.9 Å². The second-order valence-electron chi connectivity index (χ2n) is 8.24. The first-order valence-corrected chi connectivity index (χ1v) is 13.6. The first-order valence-electron chi connectivity index (χ1n) is 9.50. The van der Waals surface area contributed by atoms with Crippen molar-refractivity contribution in [2.24, 2.45) is 0 Å². The van der Waals surface area contributed by atoms with Gasteiger partial charge in [0, 0.05) is 43.5 Å². The SMILES string of the molecule is COc1cc2ocnc2cc1-c1cn(COCC[Si](C)(C)C)c2nc(Cl)ccc12. The Balaban J connectivity index is 1.75. The van der Waals surface area contributed by atoms with Crippen LogP contribution in [0.15, 0.2) is 41.3 Å². The molecule has 0 radical (unpaired) electrons. The molecule has 4 aromatic rings. The second kappa shape index (κ2) is 7.82. The van der Waals surface area contributed by atoms with Crippen LogP contribution in [-0.2, 0) is 11.5 Å². The Morgan fingerprint density at radius 3 is 2.76 bits per heavy atom. The first-order chi connectivity index (χ1) is 13.9. The molecule has 0 saturated carbocycles. The summed E-state index contributed by atoms with van der Waals surface area (Å²) >= 11 is 6.18. The highest BCUT2D eigenvalue weighted by atomic mass is 35.5. The first kappa shape index (κ1) is 19.9. The van der Waals surface area contributed by atoms with Crippen molar-refractivity contribution in [1.29, 1.82) is 0 Å². The number of fused-ring (bicyclic) bond motifs is 2. The van der Waals surface area contributed by atoms with E-state index in [2.05, 4.69) is 29.6 Å². The molecule has 0 saturated heterocycles. The van der Waals surface area contributed by atoms with Crippen LogP contribution in [-0.4, -0.2) is 36.3 Å². The van der Waals surface area contributed by atoms with Gasteiger partial charge in [-0.25, -0.2) is 9.97 Å². The summed E-state index contributed by atoms with van der Waals surface area (Å²) in [5, 5.41) is 1.42. The molecule has 0 aliphatic carbocycles. The Morgan fingerprint density at radius 1 is 1.17 bits per heavy atom. The maximum atomic E-state index is 6.18. The third-order valence-corrected chi connectivity index (χ3v) is 6.77. The van der Waals surface area contributed by atoms with E-state index >= 15 is 0 Å². The Bertz CT molecular complexity index is 1160. The Labute approximate surface area is 175 Å². The molecular weight excluding hydrogens is 406 g/mol. The fourth-order valence-corrected chi connectivity index (χ4v) is 4.16. The van der Waals surface area contributed by atoms with Gasteiger partial charge in [0.05, 0.1) is 7.11 Å². The fraction of sp³-hybridized carbons (Fsp3) is 0.333. The van der Waals surface area contributed by atoms with Gasteiger partial charge >= 0.3 is 0 Å². The van der Waals surface area contributed by atoms with E-state index in [-0.39, 0.29) is 0 Å². The van der Waals surface area contributed by atoms with Crippen LogP contribution in [0.4, 0.5) is 0 Å². The molecule has 4 rings (SSSR count). The number of halogens is 1. The van der Waals surface area contributed by atoms with Crippen LogP contribution >= 0.6 is 11.6 Å². The van der Waals surface area contributed by atoms with E-state index in [1.165, 1.54) is 6.39 Å². The van der Waals surface area contributed by atoms with Gasteiger partial charge in [0.1, 0.15) is 28.8 Å². The summed E-state index contributed by atoms with van der Waals surface area (Å²) in [4.78, 5) is 8.82. The van der Waals surface area contributed by atoms with E-state index < -0.39 is 8.07 Å². The van der Waals surface area contributed by atoms with Crippen LogP contribution in [0.3, 0.4) is 0 Å². The summed E-state index contributed by atoms with van der Waals surface area (Å²) in [6, 6.07) is 8.71. The van der Waals surface area contributed by atoms with Gasteiger partial charge in [0.15, 0.2) is 12.0 Å². The lowest BCUT2D eigenvalue weighted by molar-refractivity contribution is 0.0899. The predicted octanol–water partition coefficient (Wildman–Crippen LogP) is 5.82. The molecule has 3 aromatic heterocycles. The van der Waals surface area contributed by atoms with Gasteiger partial charge in [-0.3, -0.25) is 0 Å². The van der Waals surface area contributed by atoms with Gasteiger partial charge in [0.25, 0.3) is 0 Å². The Hall–Kier alpha value is -2.35. The van der Waals surface area contributed by atoms with E-state index in [0.29, 0.717) is 23.2 Å². The van der Waals surface area contributed by atoms with Crippen molar-refractivity contribution in [2.45, 2.75) is 32.4 Å². The molecule has 1 aromatic carbocycles. The molecule has 0 amide bonds. The molecule has 0 fully saturated rings. The van der Waals surface area contributed by atoms with Crippen LogP contribution in [0.5, 0.6) is 5.75 Å². The molecule has 0 unspecified atom stereocenters. The summed E-state index contributed by atoms with van der Waals surface area (Å²) in [5.41, 5.74) is 4.14. The minimum absolute atomic E-state index is 0.419. The number of ether oxygens (including phenoxy) is 2. The van der Waals surface area contributed by atoms with Crippen LogP contribution in [0, 0.1) is 0 Å². The highest BCUT2D eigenvalue weighted by molar-refractivity contribution is 6.76. The quantitative estimate of drug-likeness (QED) is 0.210.